The van der Waals surface area contributed by atoms with Gasteiger partial charge in [-0.2, -0.15) is 0 Å². The van der Waals surface area contributed by atoms with Gasteiger partial charge in [-0.25, -0.2) is 0 Å². The second-order valence-electron chi connectivity index (χ2n) is 7.34. The molecule has 148 valence electrons. The van der Waals surface area contributed by atoms with Crippen molar-refractivity contribution in [3.05, 3.63) is 52.8 Å². The minimum absolute atomic E-state index is 0.00997. The predicted molar refractivity (Wildman–Crippen MR) is 115 cm³/mol. The van der Waals surface area contributed by atoms with Gasteiger partial charge in [0.15, 0.2) is 16.7 Å². The molecule has 0 radical (unpaired) electrons. The van der Waals surface area contributed by atoms with Crippen molar-refractivity contribution in [2.75, 3.05) is 13.7 Å². The SMILES string of the molecule is COc1cc([C@@H]2[C@H](c3ccccn3)N=C3S[C@@H](C)CN32)cc(Cl)c1OC(C)C. The van der Waals surface area contributed by atoms with E-state index in [-0.39, 0.29) is 18.2 Å². The Kier molecular flexibility index (Phi) is 5.43. The molecule has 2 aliphatic rings. The molecule has 1 aromatic heterocycles. The van der Waals surface area contributed by atoms with Crippen LogP contribution in [0.15, 0.2) is 41.5 Å². The van der Waals surface area contributed by atoms with Crippen LogP contribution in [0.2, 0.25) is 5.02 Å². The highest BCUT2D eigenvalue weighted by molar-refractivity contribution is 8.14. The molecule has 4 rings (SSSR count). The molecule has 28 heavy (non-hydrogen) atoms. The average Bonchev–Trinajstić information content (AvgIpc) is 3.19. The van der Waals surface area contributed by atoms with Crippen molar-refractivity contribution in [2.24, 2.45) is 4.99 Å². The van der Waals surface area contributed by atoms with Crippen LogP contribution in [0.3, 0.4) is 0 Å². The Balaban J connectivity index is 1.78. The third-order valence-corrected chi connectivity index (χ3v) is 6.21. The van der Waals surface area contributed by atoms with E-state index in [9.17, 15) is 0 Å². The molecule has 0 N–H and O–H groups in total. The lowest BCUT2D eigenvalue weighted by molar-refractivity contribution is 0.229. The van der Waals surface area contributed by atoms with Gasteiger partial charge in [-0.1, -0.05) is 36.4 Å². The summed E-state index contributed by atoms with van der Waals surface area (Å²) in [6.45, 7) is 7.12. The van der Waals surface area contributed by atoms with Crippen molar-refractivity contribution in [1.29, 1.82) is 0 Å². The number of pyridine rings is 1. The van der Waals surface area contributed by atoms with Crippen LogP contribution in [0.25, 0.3) is 0 Å². The van der Waals surface area contributed by atoms with Crippen LogP contribution in [-0.4, -0.2) is 40.1 Å². The maximum absolute atomic E-state index is 6.62. The van der Waals surface area contributed by atoms with E-state index in [1.807, 2.05) is 62.1 Å². The molecule has 0 bridgehead atoms. The predicted octanol–water partition coefficient (Wildman–Crippen LogP) is 5.12. The molecule has 2 aliphatic heterocycles. The van der Waals surface area contributed by atoms with Crippen LogP contribution in [0.5, 0.6) is 11.5 Å². The maximum Gasteiger partial charge on any atom is 0.180 e. The van der Waals surface area contributed by atoms with E-state index in [4.69, 9.17) is 26.1 Å². The lowest BCUT2D eigenvalue weighted by atomic mass is 9.96. The van der Waals surface area contributed by atoms with E-state index in [0.29, 0.717) is 21.8 Å². The van der Waals surface area contributed by atoms with E-state index in [0.717, 1.165) is 23.0 Å². The molecule has 7 heteroatoms. The van der Waals surface area contributed by atoms with E-state index >= 15 is 0 Å². The molecule has 0 spiro atoms. The summed E-state index contributed by atoms with van der Waals surface area (Å²) in [5, 5.41) is 2.13. The number of rotatable bonds is 5. The van der Waals surface area contributed by atoms with Gasteiger partial charge < -0.3 is 14.4 Å². The number of nitrogens with zero attached hydrogens (tertiary/aromatic N) is 3. The molecule has 3 atom stereocenters. The lowest BCUT2D eigenvalue weighted by Gasteiger charge is -2.28. The molecule has 0 amide bonds. The number of aliphatic imine (C=N–C) groups is 1. The standard InChI is InChI=1S/C21H24ClN3O2S/c1-12(2)27-20-15(22)9-14(10-17(20)26-4)19-18(16-7-5-6-8-23-16)24-21-25(19)11-13(3)28-21/h5-10,12-13,18-19H,11H2,1-4H3/t13-,18-,19+/m0/s1. The highest BCUT2D eigenvalue weighted by Crippen LogP contribution is 2.50. The second-order valence-corrected chi connectivity index (χ2v) is 9.15. The molecular formula is C21H24ClN3O2S. The smallest absolute Gasteiger partial charge is 0.180 e. The first-order valence-corrected chi connectivity index (χ1v) is 10.7. The van der Waals surface area contributed by atoms with Crippen LogP contribution in [0.1, 0.15) is 44.1 Å². The first kappa shape index (κ1) is 19.4. The molecule has 2 aromatic rings. The van der Waals surface area contributed by atoms with Gasteiger partial charge in [0, 0.05) is 18.0 Å². The van der Waals surface area contributed by atoms with Gasteiger partial charge in [-0.3, -0.25) is 9.98 Å². The topological polar surface area (TPSA) is 47.0 Å². The van der Waals surface area contributed by atoms with Gasteiger partial charge in [0.1, 0.15) is 6.04 Å². The van der Waals surface area contributed by atoms with E-state index in [1.54, 1.807) is 7.11 Å². The number of amidine groups is 1. The van der Waals surface area contributed by atoms with Crippen molar-refractivity contribution < 1.29 is 9.47 Å². The first-order chi connectivity index (χ1) is 13.5. The summed E-state index contributed by atoms with van der Waals surface area (Å²) in [6, 6.07) is 9.93. The van der Waals surface area contributed by atoms with Crippen molar-refractivity contribution in [3.63, 3.8) is 0 Å². The minimum Gasteiger partial charge on any atom is -0.493 e. The Morgan fingerprint density at radius 2 is 2.11 bits per heavy atom. The Morgan fingerprint density at radius 3 is 2.79 bits per heavy atom. The van der Waals surface area contributed by atoms with Crippen molar-refractivity contribution >= 4 is 28.5 Å². The molecule has 1 fully saturated rings. The summed E-state index contributed by atoms with van der Waals surface area (Å²) in [5.41, 5.74) is 2.02. The van der Waals surface area contributed by atoms with Crippen LogP contribution < -0.4 is 9.47 Å². The summed E-state index contributed by atoms with van der Waals surface area (Å²) >= 11 is 8.44. The third kappa shape index (κ3) is 3.55. The van der Waals surface area contributed by atoms with Gasteiger partial charge in [-0.15, -0.1) is 0 Å². The fraction of sp³-hybridized carbons (Fsp3) is 0.429. The van der Waals surface area contributed by atoms with Crippen molar-refractivity contribution in [3.8, 4) is 11.5 Å². The van der Waals surface area contributed by atoms with Gasteiger partial charge in [0.2, 0.25) is 0 Å². The molecule has 3 heterocycles. The van der Waals surface area contributed by atoms with Gasteiger partial charge >= 0.3 is 0 Å². The summed E-state index contributed by atoms with van der Waals surface area (Å²) < 4.78 is 11.5. The Morgan fingerprint density at radius 1 is 1.29 bits per heavy atom. The van der Waals surface area contributed by atoms with E-state index < -0.39 is 0 Å². The van der Waals surface area contributed by atoms with Crippen LogP contribution in [0.4, 0.5) is 0 Å². The number of halogens is 1. The molecule has 5 nitrogen and oxygen atoms in total. The molecule has 0 unspecified atom stereocenters. The Labute approximate surface area is 175 Å². The normalized spacial score (nSPS) is 23.7. The number of methoxy groups -OCH3 is 1. The summed E-state index contributed by atoms with van der Waals surface area (Å²) in [6.07, 6.45) is 1.83. The third-order valence-electron chi connectivity index (χ3n) is 4.83. The first-order valence-electron chi connectivity index (χ1n) is 9.44. The van der Waals surface area contributed by atoms with Crippen LogP contribution in [0, 0.1) is 0 Å². The quantitative estimate of drug-likeness (QED) is 0.675. The van der Waals surface area contributed by atoms with Gasteiger partial charge in [-0.05, 0) is 43.7 Å². The molecular weight excluding hydrogens is 394 g/mol. The molecule has 0 saturated carbocycles. The second kappa shape index (κ2) is 7.84. The number of thioether (sulfide) groups is 1. The van der Waals surface area contributed by atoms with Gasteiger partial charge in [0.05, 0.1) is 30.0 Å². The number of benzene rings is 1. The Bertz CT molecular complexity index is 891. The fourth-order valence-corrected chi connectivity index (χ4v) is 5.10. The number of ether oxygens (including phenoxy) is 2. The number of fused-ring (bicyclic) bond motifs is 1. The summed E-state index contributed by atoms with van der Waals surface area (Å²) in [5.74, 6) is 1.23. The monoisotopic (exact) mass is 417 g/mol. The lowest BCUT2D eigenvalue weighted by Crippen LogP contribution is -2.28. The zero-order chi connectivity index (χ0) is 19.8. The maximum atomic E-state index is 6.62. The van der Waals surface area contributed by atoms with Crippen LogP contribution in [-0.2, 0) is 0 Å². The summed E-state index contributed by atoms with van der Waals surface area (Å²) in [7, 11) is 1.64. The highest BCUT2D eigenvalue weighted by Gasteiger charge is 2.44. The zero-order valence-corrected chi connectivity index (χ0v) is 18.0. The number of aromatic nitrogens is 1. The molecule has 0 aliphatic carbocycles. The van der Waals surface area contributed by atoms with E-state index in [2.05, 4.69) is 16.8 Å². The Hall–Kier alpha value is -1.92. The average molecular weight is 418 g/mol. The van der Waals surface area contributed by atoms with E-state index in [1.165, 1.54) is 0 Å². The van der Waals surface area contributed by atoms with Crippen molar-refractivity contribution in [1.82, 2.24) is 9.88 Å². The largest absolute Gasteiger partial charge is 0.493 e. The zero-order valence-electron chi connectivity index (χ0n) is 16.4. The fourth-order valence-electron chi connectivity index (χ4n) is 3.74. The highest BCUT2D eigenvalue weighted by atomic mass is 35.5. The van der Waals surface area contributed by atoms with Crippen LogP contribution >= 0.6 is 23.4 Å². The van der Waals surface area contributed by atoms with Gasteiger partial charge in [0.25, 0.3) is 0 Å². The molecule has 1 saturated heterocycles. The number of hydrogen-bond donors (Lipinski definition) is 0. The summed E-state index contributed by atoms with van der Waals surface area (Å²) in [4.78, 5) is 11.9. The minimum atomic E-state index is -0.0751. The van der Waals surface area contributed by atoms with Crippen molar-refractivity contribution in [2.45, 2.75) is 44.2 Å². The number of hydrogen-bond acceptors (Lipinski definition) is 6. The molecule has 1 aromatic carbocycles.